The van der Waals surface area contributed by atoms with Crippen LogP contribution in [0, 0.1) is 13.8 Å². The smallest absolute Gasteiger partial charge is 0.269 e. The molecular formula is C15H18N8O. The van der Waals surface area contributed by atoms with E-state index in [0.717, 1.165) is 30.3 Å². The minimum Gasteiger partial charge on any atom is -0.352 e. The third-order valence-electron chi connectivity index (χ3n) is 4.14. The van der Waals surface area contributed by atoms with Crippen molar-refractivity contribution in [3.8, 4) is 0 Å². The minimum atomic E-state index is -0.0976. The second-order valence-corrected chi connectivity index (χ2v) is 6.10. The first-order chi connectivity index (χ1) is 11.5. The Morgan fingerprint density at radius 1 is 1.25 bits per heavy atom. The second kappa shape index (κ2) is 5.29. The summed E-state index contributed by atoms with van der Waals surface area (Å²) < 4.78 is 3.32. The quantitative estimate of drug-likeness (QED) is 0.733. The number of fused-ring (bicyclic) bond motifs is 1. The van der Waals surface area contributed by atoms with Crippen LogP contribution in [-0.4, -0.2) is 54.4 Å². The molecule has 0 aliphatic carbocycles. The number of amides is 1. The fraction of sp³-hybridized carbons (Fsp3) is 0.400. The highest BCUT2D eigenvalue weighted by molar-refractivity contribution is 5.93. The van der Waals surface area contributed by atoms with E-state index < -0.39 is 0 Å². The van der Waals surface area contributed by atoms with Crippen LogP contribution < -0.4 is 10.2 Å². The lowest BCUT2D eigenvalue weighted by Gasteiger charge is -2.40. The van der Waals surface area contributed by atoms with E-state index in [-0.39, 0.29) is 11.9 Å². The average Bonchev–Trinajstić information content (AvgIpc) is 3.07. The molecule has 4 rings (SSSR count). The minimum absolute atomic E-state index is 0.0970. The van der Waals surface area contributed by atoms with Gasteiger partial charge in [0.05, 0.1) is 11.7 Å². The number of hydrogen-bond donors (Lipinski definition) is 1. The van der Waals surface area contributed by atoms with Crippen molar-refractivity contribution < 1.29 is 4.79 Å². The van der Waals surface area contributed by atoms with Crippen molar-refractivity contribution in [3.63, 3.8) is 0 Å². The van der Waals surface area contributed by atoms with Gasteiger partial charge in [0, 0.05) is 31.9 Å². The molecule has 124 valence electrons. The third kappa shape index (κ3) is 2.38. The maximum atomic E-state index is 12.3. The standard InChI is InChI=1S/C15H18N8O/c1-9-5-13(23-15(18-9)16-8-17-23)22-6-11(7-22)19-14(24)12-4-10(2)20-21(12)3/h4-5,8,11H,6-7H2,1-3H3,(H,19,24). The van der Waals surface area contributed by atoms with Crippen molar-refractivity contribution in [1.29, 1.82) is 0 Å². The lowest BCUT2D eigenvalue weighted by atomic mass is 10.1. The van der Waals surface area contributed by atoms with E-state index in [1.54, 1.807) is 22.3 Å². The largest absolute Gasteiger partial charge is 0.352 e. The van der Waals surface area contributed by atoms with Crippen LogP contribution in [0.3, 0.4) is 0 Å². The molecule has 9 heteroatoms. The zero-order valence-corrected chi connectivity index (χ0v) is 13.8. The Morgan fingerprint density at radius 2 is 2.04 bits per heavy atom. The van der Waals surface area contributed by atoms with Crippen LogP contribution in [0.25, 0.3) is 5.78 Å². The molecule has 0 aromatic carbocycles. The molecule has 1 N–H and O–H groups in total. The molecule has 0 spiro atoms. The molecule has 0 saturated carbocycles. The van der Waals surface area contributed by atoms with Gasteiger partial charge >= 0.3 is 0 Å². The van der Waals surface area contributed by atoms with Crippen molar-refractivity contribution >= 4 is 17.5 Å². The SMILES string of the molecule is Cc1cc(N2CC(NC(=O)c3cc(C)nn3C)C2)n2ncnc2n1. The van der Waals surface area contributed by atoms with Gasteiger partial charge in [-0.1, -0.05) is 0 Å². The highest BCUT2D eigenvalue weighted by Crippen LogP contribution is 2.21. The molecule has 0 bridgehead atoms. The lowest BCUT2D eigenvalue weighted by Crippen LogP contribution is -2.60. The number of carbonyl (C=O) groups excluding carboxylic acids is 1. The summed E-state index contributed by atoms with van der Waals surface area (Å²) in [6.07, 6.45) is 1.50. The molecule has 1 amide bonds. The van der Waals surface area contributed by atoms with Gasteiger partial charge in [-0.15, -0.1) is 0 Å². The first kappa shape index (κ1) is 14.6. The molecule has 0 radical (unpaired) electrons. The second-order valence-electron chi connectivity index (χ2n) is 6.10. The zero-order chi connectivity index (χ0) is 16.8. The van der Waals surface area contributed by atoms with Gasteiger partial charge in [-0.25, -0.2) is 4.98 Å². The Kier molecular flexibility index (Phi) is 3.22. The summed E-state index contributed by atoms with van der Waals surface area (Å²) in [6, 6.07) is 3.86. The van der Waals surface area contributed by atoms with E-state index in [1.165, 1.54) is 6.33 Å². The molecule has 1 aliphatic rings. The maximum absolute atomic E-state index is 12.3. The highest BCUT2D eigenvalue weighted by Gasteiger charge is 2.31. The fourth-order valence-electron chi connectivity index (χ4n) is 2.98. The van der Waals surface area contributed by atoms with E-state index >= 15 is 0 Å². The van der Waals surface area contributed by atoms with Gasteiger partial charge in [0.1, 0.15) is 17.8 Å². The van der Waals surface area contributed by atoms with E-state index in [9.17, 15) is 4.79 Å². The first-order valence-electron chi connectivity index (χ1n) is 7.75. The molecular weight excluding hydrogens is 308 g/mol. The summed E-state index contributed by atoms with van der Waals surface area (Å²) >= 11 is 0. The van der Waals surface area contributed by atoms with Gasteiger partial charge in [-0.05, 0) is 19.9 Å². The Morgan fingerprint density at radius 3 is 2.75 bits per heavy atom. The normalized spacial score (nSPS) is 14.9. The number of rotatable bonds is 3. The molecule has 0 atom stereocenters. The number of carbonyl (C=O) groups is 1. The molecule has 1 saturated heterocycles. The summed E-state index contributed by atoms with van der Waals surface area (Å²) in [6.45, 7) is 5.25. The molecule has 3 aromatic rings. The van der Waals surface area contributed by atoms with Gasteiger partial charge in [0.2, 0.25) is 0 Å². The fourth-order valence-corrected chi connectivity index (χ4v) is 2.98. The van der Waals surface area contributed by atoms with Crippen LogP contribution in [0.5, 0.6) is 0 Å². The summed E-state index contributed by atoms with van der Waals surface area (Å²) in [4.78, 5) is 22.9. The molecule has 1 fully saturated rings. The first-order valence-corrected chi connectivity index (χ1v) is 7.75. The summed E-state index contributed by atoms with van der Waals surface area (Å²) in [7, 11) is 1.77. The van der Waals surface area contributed by atoms with Gasteiger partial charge in [0.25, 0.3) is 11.7 Å². The molecule has 0 unspecified atom stereocenters. The topological polar surface area (TPSA) is 93.2 Å². The predicted octanol–water partition coefficient (Wildman–Crippen LogP) is 0.0932. The van der Waals surface area contributed by atoms with Crippen molar-refractivity contribution in [1.82, 2.24) is 34.7 Å². The zero-order valence-electron chi connectivity index (χ0n) is 13.8. The Balaban J connectivity index is 1.45. The summed E-state index contributed by atoms with van der Waals surface area (Å²) in [5, 5.41) is 11.5. The summed E-state index contributed by atoms with van der Waals surface area (Å²) in [5.41, 5.74) is 2.30. The molecule has 4 heterocycles. The lowest BCUT2D eigenvalue weighted by molar-refractivity contribution is 0.0920. The van der Waals surface area contributed by atoms with Crippen LogP contribution in [0.1, 0.15) is 21.9 Å². The number of hydrogen-bond acceptors (Lipinski definition) is 6. The highest BCUT2D eigenvalue weighted by atomic mass is 16.2. The van der Waals surface area contributed by atoms with Gasteiger partial charge in [-0.3, -0.25) is 9.48 Å². The van der Waals surface area contributed by atoms with Gasteiger partial charge in [-0.2, -0.15) is 19.7 Å². The van der Waals surface area contributed by atoms with Crippen molar-refractivity contribution in [2.24, 2.45) is 7.05 Å². The number of anilines is 1. The van der Waals surface area contributed by atoms with E-state index in [1.807, 2.05) is 19.9 Å². The van der Waals surface area contributed by atoms with Crippen LogP contribution in [0.15, 0.2) is 18.5 Å². The van der Waals surface area contributed by atoms with Gasteiger partial charge < -0.3 is 10.2 Å². The molecule has 3 aromatic heterocycles. The van der Waals surface area contributed by atoms with E-state index in [2.05, 4.69) is 30.4 Å². The van der Waals surface area contributed by atoms with E-state index in [0.29, 0.717) is 11.5 Å². The number of nitrogens with zero attached hydrogens (tertiary/aromatic N) is 7. The van der Waals surface area contributed by atoms with Crippen LogP contribution in [-0.2, 0) is 7.05 Å². The Hall–Kier alpha value is -2.97. The summed E-state index contributed by atoms with van der Waals surface area (Å²) in [5.74, 6) is 1.43. The van der Waals surface area contributed by atoms with Crippen LogP contribution in [0.2, 0.25) is 0 Å². The van der Waals surface area contributed by atoms with Crippen molar-refractivity contribution in [3.05, 3.63) is 35.5 Å². The van der Waals surface area contributed by atoms with Crippen LogP contribution in [0.4, 0.5) is 5.82 Å². The molecule has 1 aliphatic heterocycles. The maximum Gasteiger partial charge on any atom is 0.269 e. The third-order valence-corrected chi connectivity index (χ3v) is 4.14. The Bertz CT molecular complexity index is 921. The Labute approximate surface area is 138 Å². The number of aryl methyl sites for hydroxylation is 3. The van der Waals surface area contributed by atoms with Gasteiger partial charge in [0.15, 0.2) is 0 Å². The van der Waals surface area contributed by atoms with E-state index in [4.69, 9.17) is 0 Å². The van der Waals surface area contributed by atoms with Crippen LogP contribution >= 0.6 is 0 Å². The molecule has 24 heavy (non-hydrogen) atoms. The van der Waals surface area contributed by atoms with Crippen molar-refractivity contribution in [2.75, 3.05) is 18.0 Å². The number of aromatic nitrogens is 6. The predicted molar refractivity (Wildman–Crippen MR) is 86.9 cm³/mol. The monoisotopic (exact) mass is 326 g/mol. The number of nitrogens with one attached hydrogen (secondary N) is 1. The van der Waals surface area contributed by atoms with Crippen molar-refractivity contribution in [2.45, 2.75) is 19.9 Å². The molecule has 9 nitrogen and oxygen atoms in total. The average molecular weight is 326 g/mol.